The van der Waals surface area contributed by atoms with Gasteiger partial charge in [0.1, 0.15) is 5.69 Å². The molecule has 2 heterocycles. The van der Waals surface area contributed by atoms with Crippen LogP contribution in [0.2, 0.25) is 0 Å². The summed E-state index contributed by atoms with van der Waals surface area (Å²) in [5.41, 5.74) is 1.04. The summed E-state index contributed by atoms with van der Waals surface area (Å²) < 4.78 is 0. The molecule has 0 bridgehead atoms. The van der Waals surface area contributed by atoms with Gasteiger partial charge in [-0.1, -0.05) is 12.8 Å². The van der Waals surface area contributed by atoms with Gasteiger partial charge in [-0.25, -0.2) is 0 Å². The molecule has 1 aromatic rings. The molecule has 0 unspecified atom stereocenters. The molecule has 2 saturated heterocycles. The van der Waals surface area contributed by atoms with Crippen molar-refractivity contribution in [1.29, 1.82) is 0 Å². The summed E-state index contributed by atoms with van der Waals surface area (Å²) in [5, 5.41) is 14.7. The number of benzene rings is 1. The highest BCUT2D eigenvalue weighted by Gasteiger charge is 2.25. The van der Waals surface area contributed by atoms with Crippen LogP contribution in [0.4, 0.5) is 11.4 Å². The molecule has 2 aliphatic heterocycles. The molecule has 0 radical (unpaired) electrons. The van der Waals surface area contributed by atoms with Crippen LogP contribution in [0, 0.1) is 10.1 Å². The van der Waals surface area contributed by atoms with Gasteiger partial charge in [-0.15, -0.1) is 0 Å². The van der Waals surface area contributed by atoms with Crippen LogP contribution in [0.1, 0.15) is 62.7 Å². The summed E-state index contributed by atoms with van der Waals surface area (Å²) in [6.07, 6.45) is 6.26. The fraction of sp³-hybridized carbons (Fsp3) is 0.667. The monoisotopic (exact) mass is 388 g/mol. The lowest BCUT2D eigenvalue weighted by Crippen LogP contribution is -2.46. The molecular formula is C21H32N4O3. The van der Waals surface area contributed by atoms with E-state index in [1.54, 1.807) is 12.1 Å². The molecule has 0 saturated carbocycles. The van der Waals surface area contributed by atoms with Crippen molar-refractivity contribution in [3.8, 4) is 0 Å². The molecule has 0 spiro atoms. The third-order valence-corrected chi connectivity index (χ3v) is 5.98. The van der Waals surface area contributed by atoms with Crippen molar-refractivity contribution >= 4 is 17.3 Å². The molecule has 1 amide bonds. The molecule has 2 aliphatic rings. The lowest BCUT2D eigenvalue weighted by molar-refractivity contribution is -0.384. The zero-order chi connectivity index (χ0) is 20.1. The van der Waals surface area contributed by atoms with Crippen molar-refractivity contribution in [2.45, 2.75) is 64.5 Å². The Morgan fingerprint density at radius 3 is 2.32 bits per heavy atom. The van der Waals surface area contributed by atoms with E-state index in [0.29, 0.717) is 17.3 Å². The maximum Gasteiger partial charge on any atom is 0.293 e. The van der Waals surface area contributed by atoms with Gasteiger partial charge in [-0.3, -0.25) is 14.9 Å². The Morgan fingerprint density at radius 1 is 1.11 bits per heavy atom. The Hall–Kier alpha value is -2.15. The van der Waals surface area contributed by atoms with E-state index < -0.39 is 0 Å². The fourth-order valence-corrected chi connectivity index (χ4v) is 4.22. The second-order valence-electron chi connectivity index (χ2n) is 8.24. The van der Waals surface area contributed by atoms with E-state index in [9.17, 15) is 14.9 Å². The zero-order valence-electron chi connectivity index (χ0n) is 17.0. The minimum atomic E-state index is -0.363. The number of amides is 1. The topological polar surface area (TPSA) is 78.7 Å². The Balaban J connectivity index is 1.69. The average molecular weight is 389 g/mol. The average Bonchev–Trinajstić information content (AvgIpc) is 2.97. The number of nitrogens with zero attached hydrogens (tertiary/aromatic N) is 3. The van der Waals surface area contributed by atoms with Crippen LogP contribution in [0.25, 0.3) is 0 Å². The molecule has 3 rings (SSSR count). The number of nitro benzene ring substituents is 1. The molecule has 154 valence electrons. The van der Waals surface area contributed by atoms with Gasteiger partial charge in [0.05, 0.1) is 4.92 Å². The van der Waals surface area contributed by atoms with Crippen molar-refractivity contribution in [3.05, 3.63) is 33.9 Å². The quantitative estimate of drug-likeness (QED) is 0.616. The fourth-order valence-electron chi connectivity index (χ4n) is 4.22. The van der Waals surface area contributed by atoms with E-state index in [-0.39, 0.29) is 22.6 Å². The van der Waals surface area contributed by atoms with E-state index in [2.05, 4.69) is 29.0 Å². The highest BCUT2D eigenvalue weighted by Crippen LogP contribution is 2.31. The lowest BCUT2D eigenvalue weighted by Gasteiger charge is -2.34. The molecule has 7 nitrogen and oxygen atoms in total. The number of nitrogens with one attached hydrogen (secondary N) is 1. The van der Waals surface area contributed by atoms with Crippen LogP contribution < -0.4 is 10.2 Å². The number of piperidine rings is 1. The number of carbonyl (C=O) groups excluding carboxylic acids is 1. The van der Waals surface area contributed by atoms with Gasteiger partial charge in [-0.2, -0.15) is 0 Å². The maximum absolute atomic E-state index is 12.7. The molecular weight excluding hydrogens is 356 g/mol. The van der Waals surface area contributed by atoms with E-state index in [1.165, 1.54) is 18.9 Å². The van der Waals surface area contributed by atoms with Gasteiger partial charge in [0, 0.05) is 49.9 Å². The zero-order valence-corrected chi connectivity index (χ0v) is 17.0. The number of hydrogen-bond donors (Lipinski definition) is 1. The summed E-state index contributed by atoms with van der Waals surface area (Å²) >= 11 is 0. The summed E-state index contributed by atoms with van der Waals surface area (Å²) in [4.78, 5) is 28.5. The molecule has 7 heteroatoms. The van der Waals surface area contributed by atoms with Crippen LogP contribution in [-0.4, -0.2) is 54.0 Å². The first-order chi connectivity index (χ1) is 13.5. The minimum Gasteiger partial charge on any atom is -0.366 e. The molecule has 0 aliphatic carbocycles. The highest BCUT2D eigenvalue weighted by molar-refractivity contribution is 5.96. The molecule has 1 aromatic carbocycles. The largest absolute Gasteiger partial charge is 0.366 e. The third-order valence-electron chi connectivity index (χ3n) is 5.98. The maximum atomic E-state index is 12.7. The molecule has 0 aromatic heterocycles. The Kier molecular flexibility index (Phi) is 6.88. The summed E-state index contributed by atoms with van der Waals surface area (Å²) in [5.74, 6) is -0.214. The number of rotatable bonds is 5. The van der Waals surface area contributed by atoms with Crippen molar-refractivity contribution in [3.63, 3.8) is 0 Å². The number of carbonyl (C=O) groups is 1. The number of nitro groups is 1. The van der Waals surface area contributed by atoms with Crippen molar-refractivity contribution in [1.82, 2.24) is 10.2 Å². The SMILES string of the molecule is CC(C)N1CCC(NC(=O)c2ccc(N3CCCCCC3)c([N+](=O)[O-])c2)CC1. The van der Waals surface area contributed by atoms with Crippen LogP contribution in [-0.2, 0) is 0 Å². The van der Waals surface area contributed by atoms with Crippen molar-refractivity contribution < 1.29 is 9.72 Å². The standard InChI is InChI=1S/C21H32N4O3/c1-16(2)23-13-9-18(10-14-23)22-21(26)17-7-8-19(20(15-17)25(27)28)24-11-5-3-4-6-12-24/h7-8,15-16,18H,3-6,9-14H2,1-2H3,(H,22,26). The van der Waals surface area contributed by atoms with Gasteiger partial charge in [0.15, 0.2) is 0 Å². The smallest absolute Gasteiger partial charge is 0.293 e. The Morgan fingerprint density at radius 2 is 1.75 bits per heavy atom. The number of hydrogen-bond acceptors (Lipinski definition) is 5. The normalized spacial score (nSPS) is 19.5. The molecule has 1 N–H and O–H groups in total. The first kappa shape index (κ1) is 20.6. The van der Waals surface area contributed by atoms with E-state index in [4.69, 9.17) is 0 Å². The van der Waals surface area contributed by atoms with Gasteiger partial charge >= 0.3 is 0 Å². The van der Waals surface area contributed by atoms with E-state index in [0.717, 1.165) is 51.9 Å². The summed E-state index contributed by atoms with van der Waals surface area (Å²) in [7, 11) is 0. The molecule has 28 heavy (non-hydrogen) atoms. The second kappa shape index (κ2) is 9.37. The van der Waals surface area contributed by atoms with E-state index in [1.807, 2.05) is 0 Å². The second-order valence-corrected chi connectivity index (χ2v) is 8.24. The van der Waals surface area contributed by atoms with Crippen LogP contribution in [0.15, 0.2) is 18.2 Å². The van der Waals surface area contributed by atoms with Crippen molar-refractivity contribution in [2.24, 2.45) is 0 Å². The Bertz CT molecular complexity index is 691. The predicted octanol–water partition coefficient (Wildman–Crippen LogP) is 3.58. The highest BCUT2D eigenvalue weighted by atomic mass is 16.6. The van der Waals surface area contributed by atoms with Crippen LogP contribution in [0.5, 0.6) is 0 Å². The molecule has 2 fully saturated rings. The lowest BCUT2D eigenvalue weighted by atomic mass is 10.0. The summed E-state index contributed by atoms with van der Waals surface area (Å²) in [6, 6.07) is 5.57. The van der Waals surface area contributed by atoms with E-state index >= 15 is 0 Å². The van der Waals surface area contributed by atoms with Gasteiger partial charge in [0.25, 0.3) is 11.6 Å². The first-order valence-electron chi connectivity index (χ1n) is 10.5. The first-order valence-corrected chi connectivity index (χ1v) is 10.5. The predicted molar refractivity (Wildman–Crippen MR) is 111 cm³/mol. The number of likely N-dealkylation sites (tertiary alicyclic amines) is 1. The Labute approximate surface area is 167 Å². The summed E-state index contributed by atoms with van der Waals surface area (Å²) in [6.45, 7) is 7.97. The molecule has 0 atom stereocenters. The van der Waals surface area contributed by atoms with Crippen LogP contribution >= 0.6 is 0 Å². The van der Waals surface area contributed by atoms with Gasteiger partial charge < -0.3 is 15.1 Å². The van der Waals surface area contributed by atoms with Gasteiger partial charge in [-0.05, 0) is 51.7 Å². The van der Waals surface area contributed by atoms with Gasteiger partial charge in [0.2, 0.25) is 0 Å². The van der Waals surface area contributed by atoms with Crippen LogP contribution in [0.3, 0.4) is 0 Å². The minimum absolute atomic E-state index is 0.0316. The van der Waals surface area contributed by atoms with Crippen molar-refractivity contribution in [2.75, 3.05) is 31.1 Å². The third kappa shape index (κ3) is 5.01. The number of anilines is 1.